The number of unbranched alkanes of at least 4 members (excludes halogenated alkanes) is 2. The molecule has 6 nitrogen and oxygen atoms in total. The van der Waals surface area contributed by atoms with Crippen LogP contribution in [0.5, 0.6) is 0 Å². The Bertz CT molecular complexity index is 1330. The molecule has 3 aromatic rings. The van der Waals surface area contributed by atoms with E-state index in [0.29, 0.717) is 12.0 Å². The van der Waals surface area contributed by atoms with Gasteiger partial charge in [0.1, 0.15) is 4.90 Å². The molecule has 0 aromatic heterocycles. The molecule has 3 rings (SSSR count). The first-order valence-corrected chi connectivity index (χ1v) is 12.5. The van der Waals surface area contributed by atoms with Gasteiger partial charge in [-0.1, -0.05) is 74.2 Å². The van der Waals surface area contributed by atoms with E-state index in [4.69, 9.17) is 6.42 Å². The van der Waals surface area contributed by atoms with Gasteiger partial charge in [-0.25, -0.2) is 13.1 Å². The van der Waals surface area contributed by atoms with E-state index < -0.39 is 21.8 Å². The summed E-state index contributed by atoms with van der Waals surface area (Å²) < 4.78 is 27.7. The van der Waals surface area contributed by atoms with E-state index in [1.54, 1.807) is 24.3 Å². The first-order valence-electron chi connectivity index (χ1n) is 11.0. The molecule has 0 fully saturated rings. The summed E-state index contributed by atoms with van der Waals surface area (Å²) in [5.74, 6) is 1.40. The number of nitrogens with one attached hydrogen (secondary N) is 2. The van der Waals surface area contributed by atoms with Crippen molar-refractivity contribution in [2.75, 3.05) is 5.32 Å². The smallest absolute Gasteiger partial charge is 0.266 e. The van der Waals surface area contributed by atoms with Crippen LogP contribution in [-0.2, 0) is 14.8 Å². The van der Waals surface area contributed by atoms with Gasteiger partial charge in [0.05, 0.1) is 11.3 Å². The molecular formula is C27H26N2O4S. The predicted molar refractivity (Wildman–Crippen MR) is 134 cm³/mol. The summed E-state index contributed by atoms with van der Waals surface area (Å²) in [6.07, 6.45) is 8.12. The van der Waals surface area contributed by atoms with Gasteiger partial charge >= 0.3 is 0 Å². The molecule has 0 bridgehead atoms. The highest BCUT2D eigenvalue weighted by Crippen LogP contribution is 2.25. The number of hydrogen-bond acceptors (Lipinski definition) is 4. The second-order valence-electron chi connectivity index (χ2n) is 7.71. The van der Waals surface area contributed by atoms with Crippen LogP contribution in [0.2, 0.25) is 0 Å². The molecule has 174 valence electrons. The van der Waals surface area contributed by atoms with Crippen LogP contribution >= 0.6 is 0 Å². The van der Waals surface area contributed by atoms with Crippen molar-refractivity contribution in [2.45, 2.75) is 37.5 Å². The van der Waals surface area contributed by atoms with Gasteiger partial charge < -0.3 is 5.32 Å². The fourth-order valence-electron chi connectivity index (χ4n) is 3.46. The predicted octanol–water partition coefficient (Wildman–Crippen LogP) is 4.97. The van der Waals surface area contributed by atoms with Crippen molar-refractivity contribution >= 4 is 27.5 Å². The highest BCUT2D eigenvalue weighted by atomic mass is 32.2. The quantitative estimate of drug-likeness (QED) is 0.338. The second kappa shape index (κ2) is 11.3. The summed E-state index contributed by atoms with van der Waals surface area (Å²) in [7, 11) is -4.17. The lowest BCUT2D eigenvalue weighted by molar-refractivity contribution is -0.119. The Labute approximate surface area is 200 Å². The van der Waals surface area contributed by atoms with Crippen LogP contribution < -0.4 is 10.0 Å². The normalized spacial score (nSPS) is 10.8. The van der Waals surface area contributed by atoms with Crippen LogP contribution in [0.1, 0.15) is 48.5 Å². The van der Waals surface area contributed by atoms with Crippen LogP contribution in [0.25, 0.3) is 11.1 Å². The summed E-state index contributed by atoms with van der Waals surface area (Å²) in [5, 5.41) is 2.63. The van der Waals surface area contributed by atoms with Gasteiger partial charge in [0.15, 0.2) is 0 Å². The van der Waals surface area contributed by atoms with Gasteiger partial charge in [-0.2, -0.15) is 0 Å². The number of benzene rings is 3. The molecule has 0 spiro atoms. The van der Waals surface area contributed by atoms with Crippen LogP contribution in [0.15, 0.2) is 77.7 Å². The van der Waals surface area contributed by atoms with Crippen molar-refractivity contribution in [3.63, 3.8) is 0 Å². The van der Waals surface area contributed by atoms with Gasteiger partial charge in [-0.05, 0) is 41.8 Å². The number of carbonyl (C=O) groups excluding carboxylic acids is 2. The minimum Gasteiger partial charge on any atom is -0.321 e. The van der Waals surface area contributed by atoms with Crippen molar-refractivity contribution in [1.29, 1.82) is 0 Å². The van der Waals surface area contributed by atoms with E-state index >= 15 is 0 Å². The Balaban J connectivity index is 1.84. The lowest BCUT2D eigenvalue weighted by atomic mass is 9.99. The molecule has 0 saturated carbocycles. The van der Waals surface area contributed by atoms with Crippen LogP contribution in [0.3, 0.4) is 0 Å². The van der Waals surface area contributed by atoms with E-state index in [1.165, 1.54) is 18.2 Å². The molecule has 0 aliphatic rings. The molecule has 2 N–H and O–H groups in total. The van der Waals surface area contributed by atoms with Crippen molar-refractivity contribution < 1.29 is 18.0 Å². The standard InChI is InChI=1S/C27H26N2O4S/c1-3-5-7-16-26(30)29-34(32,33)25-15-11-10-14-24(25)28-27(31)23-18-17-22(19-20(23)4-2)21-12-8-6-9-13-21/h2,6,8-15,17-19H,3,5,7,16H2,1H3,(H,28,31)(H,29,30). The average Bonchev–Trinajstić information content (AvgIpc) is 2.84. The summed E-state index contributed by atoms with van der Waals surface area (Å²) in [6, 6.07) is 20.6. The number of hydrogen-bond donors (Lipinski definition) is 2. The highest BCUT2D eigenvalue weighted by molar-refractivity contribution is 7.90. The number of rotatable bonds is 9. The topological polar surface area (TPSA) is 92.3 Å². The number of carbonyl (C=O) groups is 2. The summed E-state index contributed by atoms with van der Waals surface area (Å²) in [5.41, 5.74) is 2.48. The Hall–Kier alpha value is -3.89. The third-order valence-corrected chi connectivity index (χ3v) is 6.64. The zero-order valence-electron chi connectivity index (χ0n) is 18.9. The molecule has 2 amide bonds. The molecule has 0 aliphatic carbocycles. The van der Waals surface area contributed by atoms with Gasteiger partial charge in [-0.15, -0.1) is 6.42 Å². The zero-order valence-corrected chi connectivity index (χ0v) is 19.7. The molecule has 0 radical (unpaired) electrons. The van der Waals surface area contributed by atoms with E-state index in [1.807, 2.05) is 37.3 Å². The molecule has 0 aliphatic heterocycles. The summed E-state index contributed by atoms with van der Waals surface area (Å²) >= 11 is 0. The van der Waals surface area contributed by atoms with Crippen molar-refractivity contribution in [1.82, 2.24) is 4.72 Å². The average molecular weight is 475 g/mol. The van der Waals surface area contributed by atoms with Gasteiger partial charge in [0.2, 0.25) is 5.91 Å². The highest BCUT2D eigenvalue weighted by Gasteiger charge is 2.22. The lowest BCUT2D eigenvalue weighted by Crippen LogP contribution is -2.31. The zero-order chi connectivity index (χ0) is 24.6. The number of amides is 2. The van der Waals surface area contributed by atoms with Gasteiger partial charge in [0.25, 0.3) is 15.9 Å². The van der Waals surface area contributed by atoms with E-state index in [2.05, 4.69) is 16.0 Å². The van der Waals surface area contributed by atoms with Crippen LogP contribution in [0, 0.1) is 12.3 Å². The molecule has 0 saturated heterocycles. The number of terminal acetylenes is 1. The first-order chi connectivity index (χ1) is 16.4. The third-order valence-electron chi connectivity index (χ3n) is 5.21. The van der Waals surface area contributed by atoms with Crippen LogP contribution in [0.4, 0.5) is 5.69 Å². The maximum atomic E-state index is 13.0. The lowest BCUT2D eigenvalue weighted by Gasteiger charge is -2.14. The van der Waals surface area contributed by atoms with Gasteiger partial charge in [-0.3, -0.25) is 9.59 Å². The number of sulfonamides is 1. The minimum atomic E-state index is -4.17. The fourth-order valence-corrected chi connectivity index (χ4v) is 4.64. The van der Waals surface area contributed by atoms with Crippen LogP contribution in [-0.4, -0.2) is 20.2 Å². The third kappa shape index (κ3) is 6.12. The number of anilines is 1. The Morgan fingerprint density at radius 2 is 1.62 bits per heavy atom. The van der Waals surface area contributed by atoms with Crippen molar-refractivity contribution in [3.05, 3.63) is 83.9 Å². The first kappa shape index (κ1) is 24.7. The number of para-hydroxylation sites is 1. The maximum absolute atomic E-state index is 13.0. The molecule has 0 atom stereocenters. The largest absolute Gasteiger partial charge is 0.321 e. The van der Waals surface area contributed by atoms with E-state index in [-0.39, 0.29) is 22.6 Å². The monoisotopic (exact) mass is 474 g/mol. The maximum Gasteiger partial charge on any atom is 0.266 e. The fraction of sp³-hybridized carbons (Fsp3) is 0.185. The molecule has 34 heavy (non-hydrogen) atoms. The SMILES string of the molecule is C#Cc1cc(-c2ccccc2)ccc1C(=O)Nc1ccccc1S(=O)(=O)NC(=O)CCCCC. The summed E-state index contributed by atoms with van der Waals surface area (Å²) in [4.78, 5) is 24.9. The van der Waals surface area contributed by atoms with Crippen molar-refractivity contribution in [3.8, 4) is 23.5 Å². The Morgan fingerprint density at radius 3 is 2.32 bits per heavy atom. The molecule has 0 unspecified atom stereocenters. The molecular weight excluding hydrogens is 448 g/mol. The Kier molecular flexibility index (Phi) is 8.23. The van der Waals surface area contributed by atoms with E-state index in [9.17, 15) is 18.0 Å². The second-order valence-corrected chi connectivity index (χ2v) is 9.36. The molecule has 0 heterocycles. The minimum absolute atomic E-state index is 0.0523. The summed E-state index contributed by atoms with van der Waals surface area (Å²) in [6.45, 7) is 1.99. The molecule has 7 heteroatoms. The van der Waals surface area contributed by atoms with E-state index in [0.717, 1.165) is 24.0 Å². The Morgan fingerprint density at radius 1 is 0.912 bits per heavy atom. The van der Waals surface area contributed by atoms with Crippen molar-refractivity contribution in [2.24, 2.45) is 0 Å². The molecule has 3 aromatic carbocycles. The van der Waals surface area contributed by atoms with Gasteiger partial charge in [0, 0.05) is 12.0 Å².